The van der Waals surface area contributed by atoms with Gasteiger partial charge >= 0.3 is 0 Å². The summed E-state index contributed by atoms with van der Waals surface area (Å²) < 4.78 is 0.832. The Kier molecular flexibility index (Phi) is 6.28. The van der Waals surface area contributed by atoms with E-state index in [0.29, 0.717) is 5.56 Å². The third kappa shape index (κ3) is 4.39. The van der Waals surface area contributed by atoms with Gasteiger partial charge < -0.3 is 15.7 Å². The first-order chi connectivity index (χ1) is 15.2. The minimum Gasteiger partial charge on any atom is -0.374 e. The van der Waals surface area contributed by atoms with Crippen molar-refractivity contribution in [2.45, 2.75) is 77.5 Å². The molecule has 0 aliphatic heterocycles. The van der Waals surface area contributed by atoms with Crippen molar-refractivity contribution in [3.63, 3.8) is 0 Å². The summed E-state index contributed by atoms with van der Waals surface area (Å²) in [6.45, 7) is 8.40. The summed E-state index contributed by atoms with van der Waals surface area (Å²) >= 11 is 1.56. The van der Waals surface area contributed by atoms with Crippen molar-refractivity contribution >= 4 is 33.1 Å². The Morgan fingerprint density at radius 1 is 1.19 bits per heavy atom. The molecule has 0 spiro atoms. The van der Waals surface area contributed by atoms with Crippen LogP contribution in [0.1, 0.15) is 75.7 Å². The summed E-state index contributed by atoms with van der Waals surface area (Å²) in [5.74, 6) is 0.257. The minimum absolute atomic E-state index is 0.0900. The molecule has 1 amide bonds. The second-order valence-corrected chi connectivity index (χ2v) is 10.9. The highest BCUT2D eigenvalue weighted by Crippen LogP contribution is 2.41. The summed E-state index contributed by atoms with van der Waals surface area (Å²) in [6.07, 6.45) is 6.54. The molecule has 170 valence electrons. The number of carbonyl (C=O) groups is 1. The lowest BCUT2D eigenvalue weighted by molar-refractivity contribution is 0.100. The number of amides is 1. The number of primary amides is 1. The Hall–Kier alpha value is -2.44. The van der Waals surface area contributed by atoms with Crippen LogP contribution < -0.4 is 10.6 Å². The fraction of sp³-hybridized carbons (Fsp3) is 0.462. The van der Waals surface area contributed by atoms with Gasteiger partial charge in [-0.05, 0) is 42.4 Å². The van der Waals surface area contributed by atoms with E-state index in [2.05, 4.69) is 56.1 Å². The molecule has 2 heterocycles. The predicted molar refractivity (Wildman–Crippen MR) is 133 cm³/mol. The fourth-order valence-corrected chi connectivity index (χ4v) is 5.86. The number of thiophene rings is 1. The number of aromatic nitrogens is 1. The number of aliphatic hydroxyl groups is 1. The maximum Gasteiger partial charge on any atom is 0.251 e. The summed E-state index contributed by atoms with van der Waals surface area (Å²) in [4.78, 5) is 19.9. The zero-order valence-electron chi connectivity index (χ0n) is 19.4. The van der Waals surface area contributed by atoms with Gasteiger partial charge in [0, 0.05) is 22.5 Å². The van der Waals surface area contributed by atoms with Crippen LogP contribution in [0.2, 0.25) is 0 Å². The third-order valence-corrected chi connectivity index (χ3v) is 7.67. The first-order valence-corrected chi connectivity index (χ1v) is 12.3. The smallest absolute Gasteiger partial charge is 0.251 e. The number of aliphatic hydroxyl groups excluding tert-OH is 1. The van der Waals surface area contributed by atoms with Gasteiger partial charge in [-0.1, -0.05) is 64.3 Å². The predicted octanol–water partition coefficient (Wildman–Crippen LogP) is 5.84. The third-order valence-electron chi connectivity index (χ3n) is 6.45. The van der Waals surface area contributed by atoms with Crippen LogP contribution in [0.15, 0.2) is 36.5 Å². The van der Waals surface area contributed by atoms with Crippen LogP contribution in [-0.2, 0) is 5.41 Å². The van der Waals surface area contributed by atoms with E-state index in [9.17, 15) is 9.90 Å². The average molecular weight is 452 g/mol. The molecule has 6 heteroatoms. The molecule has 1 atom stereocenters. The molecule has 0 saturated heterocycles. The highest BCUT2D eigenvalue weighted by molar-refractivity contribution is 7.22. The lowest BCUT2D eigenvalue weighted by Crippen LogP contribution is -2.43. The first kappa shape index (κ1) is 22.7. The van der Waals surface area contributed by atoms with Gasteiger partial charge in [0.1, 0.15) is 12.0 Å². The van der Waals surface area contributed by atoms with Crippen LogP contribution in [0, 0.1) is 0 Å². The number of rotatable bonds is 5. The number of pyridine rings is 1. The van der Waals surface area contributed by atoms with Crippen LogP contribution in [-0.4, -0.2) is 28.3 Å². The van der Waals surface area contributed by atoms with Crippen LogP contribution in [0.3, 0.4) is 0 Å². The van der Waals surface area contributed by atoms with Crippen LogP contribution in [0.4, 0.5) is 5.82 Å². The van der Waals surface area contributed by atoms with Crippen LogP contribution in [0.5, 0.6) is 0 Å². The average Bonchev–Trinajstić information content (AvgIpc) is 3.19. The maximum atomic E-state index is 12.2. The van der Waals surface area contributed by atoms with Crippen molar-refractivity contribution in [3.05, 3.63) is 47.7 Å². The van der Waals surface area contributed by atoms with Crippen molar-refractivity contribution in [1.29, 1.82) is 0 Å². The van der Waals surface area contributed by atoms with Gasteiger partial charge in [-0.25, -0.2) is 4.98 Å². The van der Waals surface area contributed by atoms with Gasteiger partial charge in [0.25, 0.3) is 5.91 Å². The summed E-state index contributed by atoms with van der Waals surface area (Å²) in [5, 5.41) is 11.6. The zero-order chi connectivity index (χ0) is 23.0. The lowest BCUT2D eigenvalue weighted by atomic mass is 9.86. The zero-order valence-corrected chi connectivity index (χ0v) is 20.2. The molecule has 5 nitrogen and oxygen atoms in total. The van der Waals surface area contributed by atoms with Crippen molar-refractivity contribution in [2.24, 2.45) is 5.73 Å². The first-order valence-electron chi connectivity index (χ1n) is 11.5. The summed E-state index contributed by atoms with van der Waals surface area (Å²) in [5.41, 5.74) is 8.59. The van der Waals surface area contributed by atoms with E-state index in [1.54, 1.807) is 24.5 Å². The molecule has 1 aromatic carbocycles. The van der Waals surface area contributed by atoms with Gasteiger partial charge in [0.15, 0.2) is 0 Å². The number of hydrogen-bond acceptors (Lipinski definition) is 5. The number of hydrogen-bond donors (Lipinski definition) is 2. The van der Waals surface area contributed by atoms with Gasteiger partial charge in [-0.2, -0.15) is 0 Å². The molecule has 1 fully saturated rings. The summed E-state index contributed by atoms with van der Waals surface area (Å²) in [6, 6.07) is 10.9. The number of anilines is 1. The Labute approximate surface area is 194 Å². The van der Waals surface area contributed by atoms with Gasteiger partial charge in [0.05, 0.1) is 10.3 Å². The SMILES string of the molecule is CC(O)N(c1ncc(C(N)=O)c2sc(-c3ccc(C(C)(C)C)cc3)cc12)C1CCCCC1. The molecular weight excluding hydrogens is 418 g/mol. The van der Waals surface area contributed by atoms with Crippen molar-refractivity contribution in [2.75, 3.05) is 4.90 Å². The standard InChI is InChI=1S/C26H33N3O2S/c1-16(30)29(19-8-6-5-7-9-19)25-20-14-22(32-23(20)21(15-28-25)24(27)31)17-10-12-18(13-11-17)26(2,3)4/h10-16,19,30H,5-9H2,1-4H3,(H2,27,31). The Morgan fingerprint density at radius 2 is 1.84 bits per heavy atom. The Bertz CT molecular complexity index is 1110. The molecule has 0 radical (unpaired) electrons. The number of benzene rings is 1. The van der Waals surface area contributed by atoms with Gasteiger partial charge in [0.2, 0.25) is 0 Å². The normalized spacial score (nSPS) is 16.3. The van der Waals surface area contributed by atoms with Crippen LogP contribution in [0.25, 0.3) is 20.5 Å². The van der Waals surface area contributed by atoms with Crippen molar-refractivity contribution in [1.82, 2.24) is 4.98 Å². The van der Waals surface area contributed by atoms with E-state index in [-0.39, 0.29) is 11.5 Å². The molecule has 2 aromatic heterocycles. The Morgan fingerprint density at radius 3 is 2.41 bits per heavy atom. The number of fused-ring (bicyclic) bond motifs is 1. The van der Waals surface area contributed by atoms with E-state index in [1.807, 2.05) is 4.90 Å². The number of nitrogens with two attached hydrogens (primary N) is 1. The molecule has 3 aromatic rings. The number of carbonyl (C=O) groups excluding carboxylic acids is 1. The largest absolute Gasteiger partial charge is 0.374 e. The molecule has 1 saturated carbocycles. The van der Waals surface area contributed by atoms with Crippen LogP contribution >= 0.6 is 11.3 Å². The second kappa shape index (κ2) is 8.83. The molecule has 3 N–H and O–H groups in total. The molecule has 1 unspecified atom stereocenters. The topological polar surface area (TPSA) is 79.4 Å². The quantitative estimate of drug-likeness (QED) is 0.478. The Balaban J connectivity index is 1.84. The molecule has 0 bridgehead atoms. The second-order valence-electron chi connectivity index (χ2n) is 9.87. The van der Waals surface area contributed by atoms with Crippen molar-refractivity contribution < 1.29 is 9.90 Å². The fourth-order valence-electron chi connectivity index (χ4n) is 4.68. The van der Waals surface area contributed by atoms with Gasteiger partial charge in [-0.3, -0.25) is 4.79 Å². The molecule has 1 aliphatic carbocycles. The lowest BCUT2D eigenvalue weighted by Gasteiger charge is -2.37. The van der Waals surface area contributed by atoms with E-state index in [4.69, 9.17) is 5.73 Å². The van der Waals surface area contributed by atoms with Crippen molar-refractivity contribution in [3.8, 4) is 10.4 Å². The number of nitrogens with zero attached hydrogens (tertiary/aromatic N) is 2. The van der Waals surface area contributed by atoms with E-state index >= 15 is 0 Å². The summed E-state index contributed by atoms with van der Waals surface area (Å²) in [7, 11) is 0. The van der Waals surface area contributed by atoms with E-state index < -0.39 is 12.1 Å². The van der Waals surface area contributed by atoms with Gasteiger partial charge in [-0.15, -0.1) is 11.3 Å². The minimum atomic E-state index is -0.664. The molecular formula is C26H33N3O2S. The molecule has 4 rings (SSSR count). The van der Waals surface area contributed by atoms with E-state index in [0.717, 1.165) is 52.0 Å². The molecule has 32 heavy (non-hydrogen) atoms. The highest BCUT2D eigenvalue weighted by Gasteiger charge is 2.28. The molecule has 1 aliphatic rings. The highest BCUT2D eigenvalue weighted by atomic mass is 32.1. The monoisotopic (exact) mass is 451 g/mol. The van der Waals surface area contributed by atoms with E-state index in [1.165, 1.54) is 12.0 Å². The maximum absolute atomic E-state index is 12.2.